The summed E-state index contributed by atoms with van der Waals surface area (Å²) in [4.78, 5) is 11.3. The molecule has 4 rings (SSSR count). The maximum atomic E-state index is 8.74. The van der Waals surface area contributed by atoms with Crippen LogP contribution in [-0.4, -0.2) is 54.1 Å². The van der Waals surface area contributed by atoms with Gasteiger partial charge in [0.1, 0.15) is 0 Å². The molecule has 4 heterocycles. The van der Waals surface area contributed by atoms with Crippen molar-refractivity contribution in [3.8, 4) is 6.07 Å². The molecule has 0 aromatic carbocycles. The summed E-state index contributed by atoms with van der Waals surface area (Å²) in [5, 5.41) is 21.5. The SMILES string of the molecule is Cn1cc(Nc2ncc3cnn(CC4CCN(CCC#N)C4)c3n2)cn1. The van der Waals surface area contributed by atoms with E-state index in [9.17, 15) is 0 Å². The van der Waals surface area contributed by atoms with E-state index >= 15 is 0 Å². The fraction of sp³-hybridized carbons (Fsp3) is 0.471. The van der Waals surface area contributed by atoms with Crippen molar-refractivity contribution in [1.82, 2.24) is 34.4 Å². The Morgan fingerprint density at radius 3 is 3.04 bits per heavy atom. The Bertz CT molecular complexity index is 935. The second-order valence-corrected chi connectivity index (χ2v) is 6.69. The number of anilines is 2. The van der Waals surface area contributed by atoms with Crippen molar-refractivity contribution in [3.05, 3.63) is 24.8 Å². The van der Waals surface area contributed by atoms with E-state index in [1.165, 1.54) is 0 Å². The lowest BCUT2D eigenvalue weighted by molar-refractivity contribution is 0.321. The van der Waals surface area contributed by atoms with E-state index in [1.807, 2.05) is 24.1 Å². The summed E-state index contributed by atoms with van der Waals surface area (Å²) in [6, 6.07) is 2.22. The van der Waals surface area contributed by atoms with E-state index in [2.05, 4.69) is 36.5 Å². The fourth-order valence-corrected chi connectivity index (χ4v) is 3.39. The molecule has 9 heteroatoms. The van der Waals surface area contributed by atoms with Gasteiger partial charge < -0.3 is 10.2 Å². The highest BCUT2D eigenvalue weighted by Crippen LogP contribution is 2.21. The van der Waals surface area contributed by atoms with Gasteiger partial charge in [0.25, 0.3) is 0 Å². The number of aromatic nitrogens is 6. The van der Waals surface area contributed by atoms with E-state index in [0.29, 0.717) is 18.3 Å². The lowest BCUT2D eigenvalue weighted by atomic mass is 10.1. The molecular weight excluding hydrogens is 330 g/mol. The first-order valence-electron chi connectivity index (χ1n) is 8.75. The molecule has 0 bridgehead atoms. The third-order valence-corrected chi connectivity index (χ3v) is 4.68. The van der Waals surface area contributed by atoms with Crippen LogP contribution in [0, 0.1) is 17.2 Å². The fourth-order valence-electron chi connectivity index (χ4n) is 3.39. The van der Waals surface area contributed by atoms with E-state index in [4.69, 9.17) is 5.26 Å². The molecule has 0 aliphatic carbocycles. The van der Waals surface area contributed by atoms with E-state index in [-0.39, 0.29) is 0 Å². The van der Waals surface area contributed by atoms with Gasteiger partial charge in [0, 0.05) is 45.5 Å². The van der Waals surface area contributed by atoms with E-state index in [0.717, 1.165) is 49.3 Å². The van der Waals surface area contributed by atoms with E-state index < -0.39 is 0 Å². The van der Waals surface area contributed by atoms with Crippen LogP contribution >= 0.6 is 0 Å². The summed E-state index contributed by atoms with van der Waals surface area (Å²) in [5.74, 6) is 1.07. The zero-order chi connectivity index (χ0) is 17.9. The van der Waals surface area contributed by atoms with Crippen LogP contribution in [0.3, 0.4) is 0 Å². The van der Waals surface area contributed by atoms with Crippen molar-refractivity contribution in [2.75, 3.05) is 25.0 Å². The van der Waals surface area contributed by atoms with Crippen molar-refractivity contribution < 1.29 is 0 Å². The van der Waals surface area contributed by atoms with Crippen LogP contribution < -0.4 is 5.32 Å². The molecule has 1 N–H and O–H groups in total. The molecule has 134 valence electrons. The molecule has 0 saturated carbocycles. The van der Waals surface area contributed by atoms with Gasteiger partial charge in [-0.25, -0.2) is 9.67 Å². The molecule has 0 radical (unpaired) electrons. The average Bonchev–Trinajstić information content (AvgIpc) is 3.35. The summed E-state index contributed by atoms with van der Waals surface area (Å²) >= 11 is 0. The Morgan fingerprint density at radius 2 is 2.23 bits per heavy atom. The Morgan fingerprint density at radius 1 is 1.31 bits per heavy atom. The monoisotopic (exact) mass is 351 g/mol. The Balaban J connectivity index is 1.47. The number of rotatable bonds is 6. The van der Waals surface area contributed by atoms with Gasteiger partial charge in [0.2, 0.25) is 5.95 Å². The molecule has 1 fully saturated rings. The first-order chi connectivity index (χ1) is 12.7. The highest BCUT2D eigenvalue weighted by Gasteiger charge is 2.23. The van der Waals surface area contributed by atoms with Crippen LogP contribution in [0.4, 0.5) is 11.6 Å². The summed E-state index contributed by atoms with van der Waals surface area (Å²) in [6.45, 7) is 3.74. The molecule has 3 aromatic rings. The van der Waals surface area contributed by atoms with Crippen LogP contribution in [0.15, 0.2) is 24.8 Å². The van der Waals surface area contributed by atoms with Crippen LogP contribution in [-0.2, 0) is 13.6 Å². The molecule has 0 spiro atoms. The van der Waals surface area contributed by atoms with Gasteiger partial charge in [-0.1, -0.05) is 0 Å². The second-order valence-electron chi connectivity index (χ2n) is 6.69. The number of hydrogen-bond acceptors (Lipinski definition) is 7. The van der Waals surface area contributed by atoms with Crippen LogP contribution in [0.2, 0.25) is 0 Å². The lowest BCUT2D eigenvalue weighted by Crippen LogP contribution is -2.23. The number of likely N-dealkylation sites (tertiary alicyclic amines) is 1. The lowest BCUT2D eigenvalue weighted by Gasteiger charge is -2.14. The molecule has 1 unspecified atom stereocenters. The van der Waals surface area contributed by atoms with Crippen molar-refractivity contribution in [3.63, 3.8) is 0 Å². The molecule has 1 aliphatic rings. The van der Waals surface area contributed by atoms with Crippen LogP contribution in [0.25, 0.3) is 11.0 Å². The van der Waals surface area contributed by atoms with Crippen LogP contribution in [0.1, 0.15) is 12.8 Å². The number of nitriles is 1. The normalized spacial score (nSPS) is 17.6. The maximum absolute atomic E-state index is 8.74. The number of fused-ring (bicyclic) bond motifs is 1. The topological polar surface area (TPSA) is 100 Å². The Hall–Kier alpha value is -2.99. The zero-order valence-electron chi connectivity index (χ0n) is 14.7. The quantitative estimate of drug-likeness (QED) is 0.719. The first-order valence-corrected chi connectivity index (χ1v) is 8.75. The minimum Gasteiger partial charge on any atom is -0.321 e. The molecule has 1 saturated heterocycles. The van der Waals surface area contributed by atoms with Gasteiger partial charge in [0.05, 0.1) is 29.5 Å². The Kier molecular flexibility index (Phi) is 4.50. The molecule has 9 nitrogen and oxygen atoms in total. The predicted octanol–water partition coefficient (Wildman–Crippen LogP) is 1.54. The van der Waals surface area contributed by atoms with Crippen molar-refractivity contribution >= 4 is 22.7 Å². The smallest absolute Gasteiger partial charge is 0.229 e. The third-order valence-electron chi connectivity index (χ3n) is 4.68. The maximum Gasteiger partial charge on any atom is 0.229 e. The predicted molar refractivity (Wildman–Crippen MR) is 96.6 cm³/mol. The molecule has 26 heavy (non-hydrogen) atoms. The first kappa shape index (κ1) is 16.5. The van der Waals surface area contributed by atoms with Gasteiger partial charge in [-0.05, 0) is 18.9 Å². The number of nitrogens with one attached hydrogen (secondary N) is 1. The molecule has 0 amide bonds. The van der Waals surface area contributed by atoms with E-state index in [1.54, 1.807) is 17.1 Å². The summed E-state index contributed by atoms with van der Waals surface area (Å²) in [6.07, 6.45) is 8.93. The highest BCUT2D eigenvalue weighted by molar-refractivity contribution is 5.75. The average molecular weight is 351 g/mol. The third kappa shape index (κ3) is 3.50. The Labute approximate surface area is 151 Å². The van der Waals surface area contributed by atoms with Crippen LogP contribution in [0.5, 0.6) is 0 Å². The standard InChI is InChI=1S/C17H21N9/c1-24-12-15(9-20-24)22-17-19-7-14-8-21-26(16(14)23-17)11-13-3-6-25(10-13)5-2-4-18/h7-9,12-13H,2-3,5-6,10-11H2,1H3,(H,19,22,23). The molecule has 3 aromatic heterocycles. The molecule has 1 aliphatic heterocycles. The number of nitrogens with zero attached hydrogens (tertiary/aromatic N) is 8. The van der Waals surface area contributed by atoms with Gasteiger partial charge in [-0.15, -0.1) is 0 Å². The highest BCUT2D eigenvalue weighted by atomic mass is 15.3. The molecule has 1 atom stereocenters. The summed E-state index contributed by atoms with van der Waals surface area (Å²) in [7, 11) is 1.87. The minimum atomic E-state index is 0.529. The van der Waals surface area contributed by atoms with Gasteiger partial charge in [0.15, 0.2) is 5.65 Å². The van der Waals surface area contributed by atoms with Gasteiger partial charge >= 0.3 is 0 Å². The second kappa shape index (κ2) is 7.09. The summed E-state index contributed by atoms with van der Waals surface area (Å²) in [5.41, 5.74) is 1.68. The largest absolute Gasteiger partial charge is 0.321 e. The van der Waals surface area contributed by atoms with Crippen molar-refractivity contribution in [2.24, 2.45) is 13.0 Å². The summed E-state index contributed by atoms with van der Waals surface area (Å²) < 4.78 is 3.69. The zero-order valence-corrected chi connectivity index (χ0v) is 14.7. The number of aryl methyl sites for hydroxylation is 1. The minimum absolute atomic E-state index is 0.529. The van der Waals surface area contributed by atoms with Crippen molar-refractivity contribution in [2.45, 2.75) is 19.4 Å². The number of hydrogen-bond donors (Lipinski definition) is 1. The van der Waals surface area contributed by atoms with Gasteiger partial charge in [-0.3, -0.25) is 4.68 Å². The van der Waals surface area contributed by atoms with Crippen molar-refractivity contribution in [1.29, 1.82) is 5.26 Å². The molecular formula is C17H21N9. The van der Waals surface area contributed by atoms with Gasteiger partial charge in [-0.2, -0.15) is 20.4 Å².